The summed E-state index contributed by atoms with van der Waals surface area (Å²) in [5.41, 5.74) is 0. The van der Waals surface area contributed by atoms with Crippen LogP contribution in [-0.4, -0.2) is 25.0 Å². The summed E-state index contributed by atoms with van der Waals surface area (Å²) >= 11 is 0. The molecule has 1 aliphatic carbocycles. The lowest BCUT2D eigenvalue weighted by molar-refractivity contribution is -0.124. The fraction of sp³-hybridized carbons (Fsp3) is 0.875. The molecule has 0 unspecified atom stereocenters. The largest absolute Gasteiger partial charge is 0.354 e. The minimum atomic E-state index is 0. The Kier molecular flexibility index (Phi) is 3.35. The molecule has 1 saturated carbocycles. The fourth-order valence-electron chi connectivity index (χ4n) is 1.20. The number of rotatable bonds is 3. The van der Waals surface area contributed by atoms with E-state index < -0.39 is 0 Å². The highest BCUT2D eigenvalue weighted by Gasteiger charge is 2.27. The van der Waals surface area contributed by atoms with Crippen molar-refractivity contribution in [2.45, 2.75) is 25.3 Å². The third-order valence-corrected chi connectivity index (χ3v) is 2.40. The third-order valence-electron chi connectivity index (χ3n) is 2.40. The molecule has 0 aromatic rings. The first kappa shape index (κ1) is 9.81. The average molecular weight is 191 g/mol. The second kappa shape index (κ2) is 4.10. The normalized spacial score (nSPS) is 26.8. The predicted octanol–water partition coefficient (Wildman–Crippen LogP) is 0.296. The Morgan fingerprint density at radius 3 is 2.50 bits per heavy atom. The molecule has 2 N–H and O–H groups in total. The molecule has 2 rings (SSSR count). The molecular weight excluding hydrogens is 176 g/mol. The first-order valence-electron chi connectivity index (χ1n) is 4.37. The summed E-state index contributed by atoms with van der Waals surface area (Å²) in [7, 11) is 0. The smallest absolute Gasteiger partial charge is 0.237 e. The number of hydrogen-bond acceptors (Lipinski definition) is 2. The van der Waals surface area contributed by atoms with Crippen LogP contribution in [0.2, 0.25) is 0 Å². The van der Waals surface area contributed by atoms with Crippen LogP contribution in [0.3, 0.4) is 0 Å². The van der Waals surface area contributed by atoms with E-state index in [0.717, 1.165) is 25.4 Å². The van der Waals surface area contributed by atoms with Gasteiger partial charge in [-0.05, 0) is 31.7 Å². The lowest BCUT2D eigenvalue weighted by atomic mass is 10.1. The molecule has 1 amide bonds. The van der Waals surface area contributed by atoms with Gasteiger partial charge in [0.2, 0.25) is 5.91 Å². The van der Waals surface area contributed by atoms with E-state index in [1.165, 1.54) is 12.8 Å². The Bertz CT molecular complexity index is 166. The molecule has 2 fully saturated rings. The molecule has 0 spiro atoms. The standard InChI is InChI=1S/C8H14N2O.ClH/c11-8(7-3-4-9-7)10-5-6-1-2-6;/h6-7,9H,1-5H2,(H,10,11);1H/t7-;/m1./s1. The van der Waals surface area contributed by atoms with E-state index in [1.54, 1.807) is 0 Å². The lowest BCUT2D eigenvalue weighted by Crippen LogP contribution is -2.53. The Morgan fingerprint density at radius 2 is 2.08 bits per heavy atom. The van der Waals surface area contributed by atoms with E-state index in [9.17, 15) is 4.79 Å². The van der Waals surface area contributed by atoms with Crippen molar-refractivity contribution in [3.63, 3.8) is 0 Å². The van der Waals surface area contributed by atoms with Crippen molar-refractivity contribution in [1.29, 1.82) is 0 Å². The van der Waals surface area contributed by atoms with Gasteiger partial charge >= 0.3 is 0 Å². The van der Waals surface area contributed by atoms with E-state index in [0.29, 0.717) is 0 Å². The number of hydrogen-bond donors (Lipinski definition) is 2. The summed E-state index contributed by atoms with van der Waals surface area (Å²) < 4.78 is 0. The first-order valence-corrected chi connectivity index (χ1v) is 4.37. The summed E-state index contributed by atoms with van der Waals surface area (Å²) in [5, 5.41) is 6.02. The lowest BCUT2D eigenvalue weighted by Gasteiger charge is -2.26. The minimum absolute atomic E-state index is 0. The van der Waals surface area contributed by atoms with E-state index in [1.807, 2.05) is 0 Å². The van der Waals surface area contributed by atoms with E-state index in [2.05, 4.69) is 10.6 Å². The van der Waals surface area contributed by atoms with Crippen molar-refractivity contribution in [3.05, 3.63) is 0 Å². The zero-order valence-electron chi connectivity index (χ0n) is 7.01. The summed E-state index contributed by atoms with van der Waals surface area (Å²) in [4.78, 5) is 11.2. The van der Waals surface area contributed by atoms with Crippen LogP contribution in [0.25, 0.3) is 0 Å². The topological polar surface area (TPSA) is 41.1 Å². The second-order valence-corrected chi connectivity index (χ2v) is 3.48. The molecule has 4 heteroatoms. The van der Waals surface area contributed by atoms with Gasteiger partial charge in [-0.1, -0.05) is 0 Å². The van der Waals surface area contributed by atoms with E-state index in [-0.39, 0.29) is 24.4 Å². The van der Waals surface area contributed by atoms with Gasteiger partial charge in [0.25, 0.3) is 0 Å². The Balaban J connectivity index is 0.000000720. The molecule has 0 radical (unpaired) electrons. The highest BCUT2D eigenvalue weighted by Crippen LogP contribution is 2.27. The fourth-order valence-corrected chi connectivity index (χ4v) is 1.20. The summed E-state index contributed by atoms with van der Waals surface area (Å²) in [5.74, 6) is 0.988. The molecular formula is C8H15ClN2O. The molecule has 2 aliphatic rings. The van der Waals surface area contributed by atoms with Crippen molar-refractivity contribution >= 4 is 18.3 Å². The molecule has 3 nitrogen and oxygen atoms in total. The van der Waals surface area contributed by atoms with E-state index >= 15 is 0 Å². The second-order valence-electron chi connectivity index (χ2n) is 3.48. The zero-order valence-corrected chi connectivity index (χ0v) is 7.82. The number of carbonyl (C=O) groups is 1. The molecule has 0 bridgehead atoms. The molecule has 1 saturated heterocycles. The quantitative estimate of drug-likeness (QED) is 0.672. The summed E-state index contributed by atoms with van der Waals surface area (Å²) in [6.07, 6.45) is 3.62. The number of carbonyl (C=O) groups excluding carboxylic acids is 1. The van der Waals surface area contributed by atoms with Crippen LogP contribution in [0.1, 0.15) is 19.3 Å². The van der Waals surface area contributed by atoms with Crippen molar-refractivity contribution in [2.24, 2.45) is 5.92 Å². The van der Waals surface area contributed by atoms with Crippen molar-refractivity contribution < 1.29 is 4.79 Å². The minimum Gasteiger partial charge on any atom is -0.354 e. The van der Waals surface area contributed by atoms with Crippen molar-refractivity contribution in [3.8, 4) is 0 Å². The molecule has 0 aromatic heterocycles. The number of nitrogens with one attached hydrogen (secondary N) is 2. The Labute approximate surface area is 78.7 Å². The van der Waals surface area contributed by atoms with Gasteiger partial charge in [0, 0.05) is 6.54 Å². The van der Waals surface area contributed by atoms with Gasteiger partial charge in [-0.15, -0.1) is 12.4 Å². The third kappa shape index (κ3) is 2.35. The average Bonchev–Trinajstić information content (AvgIpc) is 2.61. The maximum absolute atomic E-state index is 11.2. The zero-order chi connectivity index (χ0) is 7.68. The van der Waals surface area contributed by atoms with Gasteiger partial charge in [-0.3, -0.25) is 4.79 Å². The molecule has 0 aromatic carbocycles. The Morgan fingerprint density at radius 1 is 1.42 bits per heavy atom. The van der Waals surface area contributed by atoms with Crippen LogP contribution >= 0.6 is 12.4 Å². The molecule has 1 aliphatic heterocycles. The van der Waals surface area contributed by atoms with Crippen LogP contribution in [0.4, 0.5) is 0 Å². The molecule has 70 valence electrons. The first-order chi connectivity index (χ1) is 5.36. The van der Waals surface area contributed by atoms with E-state index in [4.69, 9.17) is 0 Å². The maximum Gasteiger partial charge on any atom is 0.237 e. The van der Waals surface area contributed by atoms with Gasteiger partial charge < -0.3 is 10.6 Å². The van der Waals surface area contributed by atoms with Gasteiger partial charge in [0.05, 0.1) is 6.04 Å². The Hall–Kier alpha value is -0.280. The predicted molar refractivity (Wildman–Crippen MR) is 49.4 cm³/mol. The highest BCUT2D eigenvalue weighted by molar-refractivity contribution is 5.85. The van der Waals surface area contributed by atoms with Crippen molar-refractivity contribution in [2.75, 3.05) is 13.1 Å². The number of halogens is 1. The highest BCUT2D eigenvalue weighted by atomic mass is 35.5. The molecule has 1 heterocycles. The summed E-state index contributed by atoms with van der Waals surface area (Å²) in [6, 6.07) is 0.119. The molecule has 12 heavy (non-hydrogen) atoms. The van der Waals surface area contributed by atoms with Crippen LogP contribution in [0, 0.1) is 5.92 Å². The van der Waals surface area contributed by atoms with Gasteiger partial charge in [0.1, 0.15) is 0 Å². The monoisotopic (exact) mass is 190 g/mol. The summed E-state index contributed by atoms with van der Waals surface area (Å²) in [6.45, 7) is 1.90. The molecule has 1 atom stereocenters. The van der Waals surface area contributed by atoms with Gasteiger partial charge in [-0.25, -0.2) is 0 Å². The number of amides is 1. The van der Waals surface area contributed by atoms with Crippen LogP contribution in [-0.2, 0) is 4.79 Å². The maximum atomic E-state index is 11.2. The SMILES string of the molecule is Cl.O=C(NCC1CC1)[C@H]1CCN1. The van der Waals surface area contributed by atoms with Crippen LogP contribution in [0.15, 0.2) is 0 Å². The van der Waals surface area contributed by atoms with Gasteiger partial charge in [-0.2, -0.15) is 0 Å². The van der Waals surface area contributed by atoms with Crippen LogP contribution in [0.5, 0.6) is 0 Å². The van der Waals surface area contributed by atoms with Crippen molar-refractivity contribution in [1.82, 2.24) is 10.6 Å². The van der Waals surface area contributed by atoms with Crippen LogP contribution < -0.4 is 10.6 Å². The van der Waals surface area contributed by atoms with Gasteiger partial charge in [0.15, 0.2) is 0 Å².